The molecule has 0 radical (unpaired) electrons. The van der Waals surface area contributed by atoms with E-state index in [1.165, 1.54) is 17.1 Å². The smallest absolute Gasteiger partial charge is 0.254 e. The van der Waals surface area contributed by atoms with E-state index in [1.807, 2.05) is 0 Å². The van der Waals surface area contributed by atoms with Crippen molar-refractivity contribution in [1.29, 1.82) is 0 Å². The Hall–Kier alpha value is -0.550. The van der Waals surface area contributed by atoms with Crippen molar-refractivity contribution in [3.05, 3.63) is 22.9 Å². The van der Waals surface area contributed by atoms with E-state index in [0.29, 0.717) is 4.08 Å². The summed E-state index contributed by atoms with van der Waals surface area (Å²) in [5.74, 6) is 2.73. The number of rotatable bonds is 0. The van der Waals surface area contributed by atoms with Gasteiger partial charge >= 0.3 is 0 Å². The lowest BCUT2D eigenvalue weighted by Crippen LogP contribution is -2.46. The molecule has 3 aliphatic heterocycles. The summed E-state index contributed by atoms with van der Waals surface area (Å²) in [5, 5.41) is 0. The van der Waals surface area contributed by atoms with Crippen molar-refractivity contribution in [3.8, 4) is 0 Å². The van der Waals surface area contributed by atoms with Crippen LogP contribution in [0.1, 0.15) is 25.7 Å². The molecule has 4 aliphatic rings. The molecule has 4 rings (SSSR count). The third-order valence-electron chi connectivity index (χ3n) is 4.65. The Morgan fingerprint density at radius 1 is 1.37 bits per heavy atom. The second kappa shape index (κ2) is 4.22. The Kier molecular flexibility index (Phi) is 2.71. The van der Waals surface area contributed by atoms with Crippen LogP contribution in [0.3, 0.4) is 0 Å². The van der Waals surface area contributed by atoms with Gasteiger partial charge in [-0.1, -0.05) is 6.08 Å². The number of hydrogen-bond donors (Lipinski definition) is 1. The van der Waals surface area contributed by atoms with E-state index < -0.39 is 0 Å². The van der Waals surface area contributed by atoms with Gasteiger partial charge < -0.3 is 10.6 Å². The molecule has 0 aromatic heterocycles. The van der Waals surface area contributed by atoms with Gasteiger partial charge in [-0.05, 0) is 25.7 Å². The number of hydrogen-bond acceptors (Lipinski definition) is 4. The number of carbonyl (C=O) groups excluding carboxylic acids is 1. The van der Waals surface area contributed by atoms with Crippen molar-refractivity contribution < 1.29 is 4.79 Å². The highest BCUT2D eigenvalue weighted by molar-refractivity contribution is 8.21. The van der Waals surface area contributed by atoms with E-state index >= 15 is 0 Å². The summed E-state index contributed by atoms with van der Waals surface area (Å²) in [6.07, 6.45) is 6.16. The molecule has 19 heavy (non-hydrogen) atoms. The van der Waals surface area contributed by atoms with E-state index in [-0.39, 0.29) is 11.9 Å². The zero-order valence-corrected chi connectivity index (χ0v) is 12.5. The lowest BCUT2D eigenvalue weighted by molar-refractivity contribution is -0.127. The van der Waals surface area contributed by atoms with Gasteiger partial charge in [0.1, 0.15) is 0 Å². The van der Waals surface area contributed by atoms with Crippen molar-refractivity contribution in [2.24, 2.45) is 5.73 Å². The number of amides is 1. The maximum absolute atomic E-state index is 12.5. The van der Waals surface area contributed by atoms with Gasteiger partial charge in [0.25, 0.3) is 5.91 Å². The first-order valence-electron chi connectivity index (χ1n) is 6.98. The Balaban J connectivity index is 1.73. The number of nitrogens with two attached hydrogens (primary N) is 1. The van der Waals surface area contributed by atoms with Gasteiger partial charge in [0, 0.05) is 34.9 Å². The number of thioether (sulfide) groups is 2. The topological polar surface area (TPSA) is 46.3 Å². The predicted octanol–water partition coefficient (Wildman–Crippen LogP) is 2.10. The van der Waals surface area contributed by atoms with Crippen LogP contribution in [0.4, 0.5) is 0 Å². The molecule has 0 bridgehead atoms. The first-order valence-corrected chi connectivity index (χ1v) is 8.95. The highest BCUT2D eigenvalue weighted by atomic mass is 32.2. The lowest BCUT2D eigenvalue weighted by Gasteiger charge is -2.41. The molecule has 2 N–H and O–H groups in total. The highest BCUT2D eigenvalue weighted by Gasteiger charge is 2.51. The molecule has 3 saturated heterocycles. The molecule has 0 aromatic carbocycles. The fourth-order valence-electron chi connectivity index (χ4n) is 3.75. The zero-order valence-electron chi connectivity index (χ0n) is 10.9. The number of allylic oxidation sites excluding steroid dienone is 2. The summed E-state index contributed by atoms with van der Waals surface area (Å²) in [6, 6.07) is 0.255. The van der Waals surface area contributed by atoms with E-state index in [2.05, 4.69) is 34.5 Å². The molecule has 1 unspecified atom stereocenters. The molecule has 0 aromatic rings. The number of piperidine rings is 1. The maximum Gasteiger partial charge on any atom is 0.254 e. The van der Waals surface area contributed by atoms with Crippen LogP contribution in [0.5, 0.6) is 0 Å². The van der Waals surface area contributed by atoms with Crippen LogP contribution in [0.25, 0.3) is 0 Å². The SMILES string of the molecule is NC1=C2C(=CCC1)C(=O)N1CCC3(CC21)SCCS3. The molecule has 5 heteroatoms. The first-order chi connectivity index (χ1) is 9.20. The van der Waals surface area contributed by atoms with Gasteiger partial charge in [-0.25, -0.2) is 0 Å². The molecule has 0 saturated carbocycles. The summed E-state index contributed by atoms with van der Waals surface area (Å²) in [5.41, 5.74) is 9.27. The largest absolute Gasteiger partial charge is 0.402 e. The minimum Gasteiger partial charge on any atom is -0.402 e. The molecule has 3 nitrogen and oxygen atoms in total. The quantitative estimate of drug-likeness (QED) is 0.743. The molecule has 1 spiro atoms. The van der Waals surface area contributed by atoms with Crippen molar-refractivity contribution in [2.45, 2.75) is 35.8 Å². The van der Waals surface area contributed by atoms with Crippen molar-refractivity contribution >= 4 is 29.4 Å². The molecular formula is C14H18N2OS2. The van der Waals surface area contributed by atoms with Gasteiger partial charge in [-0.2, -0.15) is 0 Å². The van der Waals surface area contributed by atoms with Gasteiger partial charge in [0.15, 0.2) is 0 Å². The molecule has 1 amide bonds. The minimum absolute atomic E-state index is 0.227. The number of carbonyl (C=O) groups is 1. The summed E-state index contributed by atoms with van der Waals surface area (Å²) in [4.78, 5) is 14.6. The molecule has 3 fully saturated rings. The third kappa shape index (κ3) is 1.70. The molecule has 1 aliphatic carbocycles. The summed E-state index contributed by atoms with van der Waals surface area (Å²) in [7, 11) is 0. The number of fused-ring (bicyclic) bond motifs is 3. The van der Waals surface area contributed by atoms with Crippen LogP contribution in [0, 0.1) is 0 Å². The Labute approximate surface area is 122 Å². The van der Waals surface area contributed by atoms with E-state index in [9.17, 15) is 4.79 Å². The predicted molar refractivity (Wildman–Crippen MR) is 80.9 cm³/mol. The van der Waals surface area contributed by atoms with Crippen LogP contribution in [0.2, 0.25) is 0 Å². The van der Waals surface area contributed by atoms with E-state index in [1.54, 1.807) is 0 Å². The van der Waals surface area contributed by atoms with E-state index in [0.717, 1.165) is 43.5 Å². The first kappa shape index (κ1) is 12.2. The molecule has 1 atom stereocenters. The summed E-state index contributed by atoms with van der Waals surface area (Å²) in [6.45, 7) is 0.900. The van der Waals surface area contributed by atoms with Crippen LogP contribution < -0.4 is 5.73 Å². The fraction of sp³-hybridized carbons (Fsp3) is 0.643. The highest BCUT2D eigenvalue weighted by Crippen LogP contribution is 2.55. The molecule has 3 heterocycles. The van der Waals surface area contributed by atoms with Crippen LogP contribution in [0.15, 0.2) is 22.9 Å². The minimum atomic E-state index is 0.227. The van der Waals surface area contributed by atoms with E-state index in [4.69, 9.17) is 5.73 Å². The second-order valence-electron chi connectivity index (χ2n) is 5.67. The average Bonchev–Trinajstić information content (AvgIpc) is 2.96. The van der Waals surface area contributed by atoms with Crippen molar-refractivity contribution in [2.75, 3.05) is 18.1 Å². The second-order valence-corrected chi connectivity index (χ2v) is 8.89. The van der Waals surface area contributed by atoms with Gasteiger partial charge in [-0.15, -0.1) is 23.5 Å². The Morgan fingerprint density at radius 2 is 2.16 bits per heavy atom. The van der Waals surface area contributed by atoms with Crippen LogP contribution >= 0.6 is 23.5 Å². The summed E-state index contributed by atoms with van der Waals surface area (Å²) >= 11 is 4.20. The zero-order chi connectivity index (χ0) is 13.0. The monoisotopic (exact) mass is 294 g/mol. The maximum atomic E-state index is 12.5. The van der Waals surface area contributed by atoms with Crippen LogP contribution in [-0.2, 0) is 4.79 Å². The fourth-order valence-corrected chi connectivity index (χ4v) is 7.02. The van der Waals surface area contributed by atoms with Crippen molar-refractivity contribution in [3.63, 3.8) is 0 Å². The van der Waals surface area contributed by atoms with Gasteiger partial charge in [0.2, 0.25) is 0 Å². The van der Waals surface area contributed by atoms with Gasteiger partial charge in [-0.3, -0.25) is 4.79 Å². The standard InChI is InChI=1S/C14H18N2OS2/c15-10-3-1-2-9-12(10)11-8-14(18-6-7-19-14)4-5-16(11)13(9)17/h2,11H,1,3-8,15H2. The summed E-state index contributed by atoms with van der Waals surface area (Å²) < 4.78 is 0.349. The Bertz CT molecular complexity index is 506. The van der Waals surface area contributed by atoms with Gasteiger partial charge in [0.05, 0.1) is 10.1 Å². The molecular weight excluding hydrogens is 276 g/mol. The normalized spacial score (nSPS) is 32.6. The Morgan fingerprint density at radius 3 is 2.95 bits per heavy atom. The number of nitrogens with zero attached hydrogens (tertiary/aromatic N) is 1. The third-order valence-corrected chi connectivity index (χ3v) is 8.23. The molecule has 102 valence electrons. The lowest BCUT2D eigenvalue weighted by atomic mass is 9.89. The van der Waals surface area contributed by atoms with Crippen molar-refractivity contribution in [1.82, 2.24) is 4.90 Å². The average molecular weight is 294 g/mol. The van der Waals surface area contributed by atoms with Crippen LogP contribution in [-0.4, -0.2) is 39.0 Å².